The van der Waals surface area contributed by atoms with Gasteiger partial charge in [0.15, 0.2) is 0 Å². The fourth-order valence-electron chi connectivity index (χ4n) is 2.63. The molecule has 0 fully saturated rings. The van der Waals surface area contributed by atoms with Gasteiger partial charge in [-0.15, -0.1) is 11.3 Å². The predicted molar refractivity (Wildman–Crippen MR) is 97.8 cm³/mol. The Morgan fingerprint density at radius 2 is 2.08 bits per heavy atom. The van der Waals surface area contributed by atoms with Crippen molar-refractivity contribution in [2.45, 2.75) is 53.0 Å². The summed E-state index contributed by atoms with van der Waals surface area (Å²) in [6.07, 6.45) is 2.01. The van der Waals surface area contributed by atoms with Crippen LogP contribution in [0.1, 0.15) is 64.7 Å². The van der Waals surface area contributed by atoms with Crippen LogP contribution in [0.4, 0.5) is 0 Å². The van der Waals surface area contributed by atoms with Gasteiger partial charge in [0.1, 0.15) is 5.56 Å². The lowest BCUT2D eigenvalue weighted by molar-refractivity contribution is 0.0949. The maximum absolute atomic E-state index is 12.4. The predicted octanol–water partition coefficient (Wildman–Crippen LogP) is 3.16. The monoisotopic (exact) mass is 347 g/mol. The van der Waals surface area contributed by atoms with Crippen molar-refractivity contribution in [2.24, 2.45) is 7.05 Å². The van der Waals surface area contributed by atoms with E-state index in [1.807, 2.05) is 26.8 Å². The van der Waals surface area contributed by atoms with Crippen molar-refractivity contribution in [2.75, 3.05) is 0 Å². The number of nitrogens with one attached hydrogen (secondary N) is 1. The molecule has 0 unspecified atom stereocenters. The molecule has 130 valence electrons. The van der Waals surface area contributed by atoms with Gasteiger partial charge in [0.05, 0.1) is 17.2 Å². The Morgan fingerprint density at radius 1 is 1.38 bits per heavy atom. The highest BCUT2D eigenvalue weighted by Crippen LogP contribution is 2.19. The fraction of sp³-hybridized carbons (Fsp3) is 0.500. The second-order valence-corrected chi connectivity index (χ2v) is 7.41. The summed E-state index contributed by atoms with van der Waals surface area (Å²) in [7, 11) is 1.71. The maximum atomic E-state index is 12.4. The lowest BCUT2D eigenvalue weighted by Crippen LogP contribution is -2.33. The standard InChI is InChI=1S/C18H25N3O2S/c1-6-7-16-20-12(4)15(24-16)10-19-17(22)13-8-9-14(11(2)3)21(5)18(13)23/h8-9,11H,6-7,10H2,1-5H3,(H,19,22). The Kier molecular flexibility index (Phi) is 5.94. The summed E-state index contributed by atoms with van der Waals surface area (Å²) in [5, 5.41) is 3.94. The third-order valence-electron chi connectivity index (χ3n) is 3.99. The van der Waals surface area contributed by atoms with Gasteiger partial charge >= 0.3 is 0 Å². The third kappa shape index (κ3) is 3.93. The van der Waals surface area contributed by atoms with E-state index in [-0.39, 0.29) is 22.9 Å². The first kappa shape index (κ1) is 18.4. The Morgan fingerprint density at radius 3 is 2.71 bits per heavy atom. The Labute approximate surface area is 146 Å². The molecule has 2 heterocycles. The van der Waals surface area contributed by atoms with E-state index in [1.165, 1.54) is 0 Å². The van der Waals surface area contributed by atoms with Gasteiger partial charge in [0, 0.05) is 17.6 Å². The van der Waals surface area contributed by atoms with Crippen molar-refractivity contribution in [3.63, 3.8) is 0 Å². The van der Waals surface area contributed by atoms with E-state index in [0.717, 1.165) is 34.1 Å². The van der Waals surface area contributed by atoms with Crippen LogP contribution in [0.2, 0.25) is 0 Å². The number of rotatable bonds is 6. The van der Waals surface area contributed by atoms with E-state index >= 15 is 0 Å². The third-order valence-corrected chi connectivity index (χ3v) is 5.21. The van der Waals surface area contributed by atoms with Gasteiger partial charge in [-0.3, -0.25) is 9.59 Å². The van der Waals surface area contributed by atoms with Crippen molar-refractivity contribution in [3.8, 4) is 0 Å². The van der Waals surface area contributed by atoms with Crippen molar-refractivity contribution in [3.05, 3.63) is 49.3 Å². The smallest absolute Gasteiger partial charge is 0.263 e. The molecule has 0 radical (unpaired) electrons. The molecule has 6 heteroatoms. The summed E-state index contributed by atoms with van der Waals surface area (Å²) in [5.41, 5.74) is 1.79. The first-order valence-corrected chi connectivity index (χ1v) is 9.10. The Hall–Kier alpha value is -1.95. The van der Waals surface area contributed by atoms with Crippen molar-refractivity contribution >= 4 is 17.2 Å². The summed E-state index contributed by atoms with van der Waals surface area (Å²) in [4.78, 5) is 30.3. The van der Waals surface area contributed by atoms with Gasteiger partial charge < -0.3 is 9.88 Å². The van der Waals surface area contributed by atoms with Gasteiger partial charge in [-0.05, 0) is 37.8 Å². The zero-order chi connectivity index (χ0) is 17.9. The number of carbonyl (C=O) groups is 1. The average Bonchev–Trinajstić information content (AvgIpc) is 2.87. The number of aryl methyl sites for hydroxylation is 2. The average molecular weight is 347 g/mol. The van der Waals surface area contributed by atoms with Gasteiger partial charge in [-0.2, -0.15) is 0 Å². The summed E-state index contributed by atoms with van der Waals surface area (Å²) in [6, 6.07) is 3.47. The normalized spacial score (nSPS) is 11.1. The molecule has 0 atom stereocenters. The van der Waals surface area contributed by atoms with E-state index in [4.69, 9.17) is 0 Å². The van der Waals surface area contributed by atoms with Crippen LogP contribution >= 0.6 is 11.3 Å². The number of pyridine rings is 1. The van der Waals surface area contributed by atoms with Crippen molar-refractivity contribution in [1.82, 2.24) is 14.9 Å². The number of thiazole rings is 1. The number of hydrogen-bond acceptors (Lipinski definition) is 4. The molecular weight excluding hydrogens is 322 g/mol. The molecule has 0 saturated carbocycles. The summed E-state index contributed by atoms with van der Waals surface area (Å²) in [6.45, 7) is 8.52. The molecule has 2 aromatic rings. The summed E-state index contributed by atoms with van der Waals surface area (Å²) < 4.78 is 1.55. The van der Waals surface area contributed by atoms with Crippen LogP contribution in [-0.2, 0) is 20.0 Å². The molecule has 1 amide bonds. The van der Waals surface area contributed by atoms with Crippen LogP contribution in [0, 0.1) is 6.92 Å². The summed E-state index contributed by atoms with van der Waals surface area (Å²) in [5.74, 6) is -0.104. The molecule has 0 aliphatic rings. The second kappa shape index (κ2) is 7.75. The van der Waals surface area contributed by atoms with Crippen LogP contribution in [0.5, 0.6) is 0 Å². The van der Waals surface area contributed by atoms with E-state index in [0.29, 0.717) is 6.54 Å². The van der Waals surface area contributed by atoms with Crippen LogP contribution in [0.3, 0.4) is 0 Å². The molecule has 0 aliphatic heterocycles. The van der Waals surface area contributed by atoms with Crippen LogP contribution in [-0.4, -0.2) is 15.5 Å². The molecule has 5 nitrogen and oxygen atoms in total. The lowest BCUT2D eigenvalue weighted by Gasteiger charge is -2.13. The molecule has 0 bridgehead atoms. The highest BCUT2D eigenvalue weighted by atomic mass is 32.1. The van der Waals surface area contributed by atoms with E-state index in [1.54, 1.807) is 29.0 Å². The van der Waals surface area contributed by atoms with Gasteiger partial charge in [0.2, 0.25) is 0 Å². The molecule has 0 aliphatic carbocycles. The molecule has 2 aromatic heterocycles. The lowest BCUT2D eigenvalue weighted by atomic mass is 10.1. The van der Waals surface area contributed by atoms with Crippen LogP contribution < -0.4 is 10.9 Å². The van der Waals surface area contributed by atoms with Gasteiger partial charge in [-0.25, -0.2) is 4.98 Å². The number of nitrogens with zero attached hydrogens (tertiary/aromatic N) is 2. The number of carbonyl (C=O) groups excluding carboxylic acids is 1. The SMILES string of the molecule is CCCc1nc(C)c(CNC(=O)c2ccc(C(C)C)n(C)c2=O)s1. The molecule has 0 spiro atoms. The molecule has 1 N–H and O–H groups in total. The zero-order valence-electron chi connectivity index (χ0n) is 15.0. The van der Waals surface area contributed by atoms with Crippen LogP contribution in [0.25, 0.3) is 0 Å². The quantitative estimate of drug-likeness (QED) is 0.873. The number of aromatic nitrogens is 2. The Bertz CT molecular complexity index is 790. The summed E-state index contributed by atoms with van der Waals surface area (Å²) >= 11 is 1.63. The van der Waals surface area contributed by atoms with E-state index < -0.39 is 0 Å². The number of amides is 1. The zero-order valence-corrected chi connectivity index (χ0v) is 15.8. The van der Waals surface area contributed by atoms with Gasteiger partial charge in [-0.1, -0.05) is 20.8 Å². The Balaban J connectivity index is 2.13. The van der Waals surface area contributed by atoms with Crippen molar-refractivity contribution in [1.29, 1.82) is 0 Å². The minimum atomic E-state index is -0.337. The van der Waals surface area contributed by atoms with E-state index in [2.05, 4.69) is 17.2 Å². The van der Waals surface area contributed by atoms with Crippen molar-refractivity contribution < 1.29 is 4.79 Å². The first-order chi connectivity index (χ1) is 11.3. The van der Waals surface area contributed by atoms with Gasteiger partial charge in [0.25, 0.3) is 11.5 Å². The van der Waals surface area contributed by atoms with Crippen LogP contribution in [0.15, 0.2) is 16.9 Å². The molecule has 2 rings (SSSR count). The second-order valence-electron chi connectivity index (χ2n) is 6.24. The molecule has 24 heavy (non-hydrogen) atoms. The maximum Gasteiger partial charge on any atom is 0.263 e. The highest BCUT2D eigenvalue weighted by molar-refractivity contribution is 7.11. The highest BCUT2D eigenvalue weighted by Gasteiger charge is 2.15. The molecule has 0 saturated heterocycles. The molecular formula is C18H25N3O2S. The largest absolute Gasteiger partial charge is 0.347 e. The minimum Gasteiger partial charge on any atom is -0.347 e. The number of hydrogen-bond donors (Lipinski definition) is 1. The fourth-order valence-corrected chi connectivity index (χ4v) is 3.74. The molecule has 0 aromatic carbocycles. The first-order valence-electron chi connectivity index (χ1n) is 8.28. The topological polar surface area (TPSA) is 64.0 Å². The van der Waals surface area contributed by atoms with E-state index in [9.17, 15) is 9.59 Å². The minimum absolute atomic E-state index is 0.179.